The number of hydrogen-bond acceptors (Lipinski definition) is 6. The lowest BCUT2D eigenvalue weighted by Gasteiger charge is -2.18. The van der Waals surface area contributed by atoms with Crippen LogP contribution < -0.4 is 0 Å². The molecule has 0 amide bonds. The maximum Gasteiger partial charge on any atom is 0.306 e. The van der Waals surface area contributed by atoms with Crippen molar-refractivity contribution < 1.29 is 28.6 Å². The van der Waals surface area contributed by atoms with Crippen molar-refractivity contribution in [3.05, 3.63) is 85.1 Å². The molecule has 0 spiro atoms. The molecule has 0 saturated carbocycles. The highest BCUT2D eigenvalue weighted by Gasteiger charge is 2.19. The Kier molecular flexibility index (Phi) is 52.4. The molecule has 0 fully saturated rings. The summed E-state index contributed by atoms with van der Waals surface area (Å²) < 4.78 is 16.8. The summed E-state index contributed by atoms with van der Waals surface area (Å²) in [6.07, 6.45) is 71.4. The lowest BCUT2D eigenvalue weighted by Crippen LogP contribution is -2.30. The van der Waals surface area contributed by atoms with E-state index in [1.165, 1.54) is 109 Å². The number of ether oxygens (including phenoxy) is 3. The van der Waals surface area contributed by atoms with Gasteiger partial charge in [-0.1, -0.05) is 254 Å². The second-order valence-electron chi connectivity index (χ2n) is 18.6. The van der Waals surface area contributed by atoms with Crippen LogP contribution in [0.15, 0.2) is 85.1 Å². The zero-order chi connectivity index (χ0) is 48.6. The Morgan fingerprint density at radius 1 is 0.328 bits per heavy atom. The summed E-state index contributed by atoms with van der Waals surface area (Å²) >= 11 is 0. The van der Waals surface area contributed by atoms with Gasteiger partial charge in [-0.3, -0.25) is 14.4 Å². The molecule has 384 valence electrons. The van der Waals surface area contributed by atoms with Crippen molar-refractivity contribution >= 4 is 17.9 Å². The summed E-state index contributed by atoms with van der Waals surface area (Å²) in [5, 5.41) is 0. The van der Waals surface area contributed by atoms with Gasteiger partial charge in [-0.25, -0.2) is 0 Å². The molecule has 0 aromatic rings. The van der Waals surface area contributed by atoms with E-state index in [9.17, 15) is 14.4 Å². The van der Waals surface area contributed by atoms with Crippen LogP contribution in [0.2, 0.25) is 0 Å². The summed E-state index contributed by atoms with van der Waals surface area (Å²) in [6.45, 7) is 6.47. The normalized spacial score (nSPS) is 12.7. The fraction of sp³-hybridized carbons (Fsp3) is 0.721. The standard InChI is InChI=1S/C61H104O6/c1-4-7-10-13-16-19-22-25-28-30-32-33-36-39-42-45-48-51-54-60(63)66-57-58(56-65-59(62)53-50-47-44-41-38-35-27-24-21-18-15-12-9-6-3)67-61(64)55-52-49-46-43-40-37-34-31-29-26-23-20-17-14-11-8-5-2/h9,12,16,18-19,21-22,25,27-28,30,32-33,35,58H,4-8,10-11,13-15,17,20,23-24,26,29,31,34,36-57H2,1-3H3/b12-9-,19-16-,21-18-,25-22-,30-28-,33-32-,35-27-. The zero-order valence-corrected chi connectivity index (χ0v) is 43.9. The molecule has 0 rings (SSSR count). The molecule has 0 aromatic heterocycles. The smallest absolute Gasteiger partial charge is 0.306 e. The summed E-state index contributed by atoms with van der Waals surface area (Å²) in [7, 11) is 0. The van der Waals surface area contributed by atoms with Crippen LogP contribution in [0.4, 0.5) is 0 Å². The van der Waals surface area contributed by atoms with Gasteiger partial charge in [0.2, 0.25) is 0 Å². The number of carbonyl (C=O) groups is 3. The molecule has 0 bridgehead atoms. The minimum absolute atomic E-state index is 0.0947. The van der Waals surface area contributed by atoms with Crippen LogP contribution in [0.25, 0.3) is 0 Å². The van der Waals surface area contributed by atoms with Gasteiger partial charge in [0.05, 0.1) is 0 Å². The number of esters is 3. The van der Waals surface area contributed by atoms with Crippen molar-refractivity contribution in [1.29, 1.82) is 0 Å². The van der Waals surface area contributed by atoms with E-state index in [2.05, 4.69) is 106 Å². The minimum Gasteiger partial charge on any atom is -0.462 e. The summed E-state index contributed by atoms with van der Waals surface area (Å²) in [4.78, 5) is 38.1. The predicted molar refractivity (Wildman–Crippen MR) is 288 cm³/mol. The van der Waals surface area contributed by atoms with Crippen LogP contribution in [0.5, 0.6) is 0 Å². The number of rotatable bonds is 50. The molecule has 6 nitrogen and oxygen atoms in total. The zero-order valence-electron chi connectivity index (χ0n) is 43.9. The number of carbonyl (C=O) groups excluding carboxylic acids is 3. The fourth-order valence-electron chi connectivity index (χ4n) is 7.76. The first-order valence-corrected chi connectivity index (χ1v) is 28.1. The molecule has 0 aliphatic rings. The van der Waals surface area contributed by atoms with Crippen LogP contribution in [0.3, 0.4) is 0 Å². The first kappa shape index (κ1) is 63.6. The van der Waals surface area contributed by atoms with Gasteiger partial charge in [0.15, 0.2) is 6.10 Å². The van der Waals surface area contributed by atoms with E-state index in [0.29, 0.717) is 19.3 Å². The molecule has 67 heavy (non-hydrogen) atoms. The second-order valence-corrected chi connectivity index (χ2v) is 18.6. The Morgan fingerprint density at radius 3 is 1.07 bits per heavy atom. The number of hydrogen-bond donors (Lipinski definition) is 0. The first-order valence-electron chi connectivity index (χ1n) is 28.1. The summed E-state index contributed by atoms with van der Waals surface area (Å²) in [6, 6.07) is 0. The van der Waals surface area contributed by atoms with Gasteiger partial charge in [-0.05, 0) is 77.0 Å². The number of allylic oxidation sites excluding steroid dienone is 14. The molecule has 0 aromatic carbocycles. The van der Waals surface area contributed by atoms with Crippen molar-refractivity contribution in [2.24, 2.45) is 0 Å². The van der Waals surface area contributed by atoms with Gasteiger partial charge in [0.25, 0.3) is 0 Å². The molecule has 0 saturated heterocycles. The molecule has 1 unspecified atom stereocenters. The van der Waals surface area contributed by atoms with E-state index in [0.717, 1.165) is 116 Å². The monoisotopic (exact) mass is 933 g/mol. The Bertz CT molecular complexity index is 1300. The van der Waals surface area contributed by atoms with Crippen molar-refractivity contribution in [2.45, 2.75) is 271 Å². The Morgan fingerprint density at radius 2 is 0.642 bits per heavy atom. The van der Waals surface area contributed by atoms with Gasteiger partial charge < -0.3 is 14.2 Å². The van der Waals surface area contributed by atoms with E-state index >= 15 is 0 Å². The van der Waals surface area contributed by atoms with E-state index in [1.54, 1.807) is 0 Å². The highest BCUT2D eigenvalue weighted by atomic mass is 16.6. The van der Waals surface area contributed by atoms with Gasteiger partial charge in [-0.2, -0.15) is 0 Å². The minimum atomic E-state index is -0.795. The lowest BCUT2D eigenvalue weighted by atomic mass is 10.0. The predicted octanol–water partition coefficient (Wildman–Crippen LogP) is 18.8. The van der Waals surface area contributed by atoms with Crippen molar-refractivity contribution in [3.8, 4) is 0 Å². The van der Waals surface area contributed by atoms with Crippen LogP contribution in [0.1, 0.15) is 265 Å². The molecular weight excluding hydrogens is 829 g/mol. The van der Waals surface area contributed by atoms with Gasteiger partial charge >= 0.3 is 17.9 Å². The third-order valence-corrected chi connectivity index (χ3v) is 12.0. The Labute approximate surface area is 414 Å². The van der Waals surface area contributed by atoms with E-state index in [1.807, 2.05) is 0 Å². The van der Waals surface area contributed by atoms with Crippen LogP contribution >= 0.6 is 0 Å². The maximum atomic E-state index is 12.8. The van der Waals surface area contributed by atoms with Crippen LogP contribution in [-0.2, 0) is 28.6 Å². The topological polar surface area (TPSA) is 78.9 Å². The SMILES string of the molecule is CC/C=C\C/C=C\C/C=C\CCCCCCC(=O)OCC(COC(=O)CCCCCCC\C=C/C=C\C=C/C=C\CCCCC)OC(=O)CCCCCCCCCCCCCCCCCCC. The average Bonchev–Trinajstić information content (AvgIpc) is 3.33. The molecule has 0 radical (unpaired) electrons. The lowest BCUT2D eigenvalue weighted by molar-refractivity contribution is -0.167. The highest BCUT2D eigenvalue weighted by Crippen LogP contribution is 2.16. The third kappa shape index (κ3) is 53.4. The number of unbranched alkanes of at least 4 members (excludes halogenated alkanes) is 28. The van der Waals surface area contributed by atoms with Crippen LogP contribution in [0, 0.1) is 0 Å². The summed E-state index contributed by atoms with van der Waals surface area (Å²) in [5.74, 6) is -0.931. The Hall–Kier alpha value is -3.41. The molecule has 0 heterocycles. The van der Waals surface area contributed by atoms with E-state index < -0.39 is 6.10 Å². The molecule has 1 atom stereocenters. The van der Waals surface area contributed by atoms with Crippen molar-refractivity contribution in [3.63, 3.8) is 0 Å². The molecule has 0 N–H and O–H groups in total. The van der Waals surface area contributed by atoms with E-state index in [-0.39, 0.29) is 31.1 Å². The largest absolute Gasteiger partial charge is 0.462 e. The first-order chi connectivity index (χ1) is 33.0. The van der Waals surface area contributed by atoms with Gasteiger partial charge in [0.1, 0.15) is 13.2 Å². The molecule has 0 aliphatic heterocycles. The van der Waals surface area contributed by atoms with Crippen molar-refractivity contribution in [1.82, 2.24) is 0 Å². The molecule has 0 aliphatic carbocycles. The summed E-state index contributed by atoms with van der Waals surface area (Å²) in [5.41, 5.74) is 0. The van der Waals surface area contributed by atoms with Crippen LogP contribution in [-0.4, -0.2) is 37.2 Å². The average molecular weight is 933 g/mol. The van der Waals surface area contributed by atoms with E-state index in [4.69, 9.17) is 14.2 Å². The van der Waals surface area contributed by atoms with Gasteiger partial charge in [-0.15, -0.1) is 0 Å². The molecule has 6 heteroatoms. The highest BCUT2D eigenvalue weighted by molar-refractivity contribution is 5.71. The third-order valence-electron chi connectivity index (χ3n) is 12.0. The maximum absolute atomic E-state index is 12.8. The second kappa shape index (κ2) is 55.2. The fourth-order valence-corrected chi connectivity index (χ4v) is 7.76. The van der Waals surface area contributed by atoms with Crippen molar-refractivity contribution in [2.75, 3.05) is 13.2 Å². The molecular formula is C61H104O6. The Balaban J connectivity index is 4.45. The van der Waals surface area contributed by atoms with Gasteiger partial charge in [0, 0.05) is 19.3 Å². The quantitative estimate of drug-likeness (QED) is 0.0199.